The topological polar surface area (TPSA) is 63.7 Å². The lowest BCUT2D eigenvalue weighted by Gasteiger charge is -2.36. The molecule has 2 aliphatic rings. The zero-order valence-electron chi connectivity index (χ0n) is 18.5. The highest BCUT2D eigenvalue weighted by atomic mass is 35.5. The van der Waals surface area contributed by atoms with Gasteiger partial charge < -0.3 is 4.74 Å². The third kappa shape index (κ3) is 4.00. The first-order valence-electron chi connectivity index (χ1n) is 10.3. The molecule has 32 heavy (non-hydrogen) atoms. The normalized spacial score (nSPS) is 23.7. The Bertz CT molecular complexity index is 1170. The number of aryl methyl sites for hydroxylation is 1. The van der Waals surface area contributed by atoms with Crippen LogP contribution in [0.1, 0.15) is 37.9 Å². The molecule has 2 aliphatic heterocycles. The van der Waals surface area contributed by atoms with E-state index in [9.17, 15) is 13.2 Å². The van der Waals surface area contributed by atoms with E-state index in [1.54, 1.807) is 48.5 Å². The highest BCUT2D eigenvalue weighted by Gasteiger charge is 2.62. The fourth-order valence-electron chi connectivity index (χ4n) is 4.25. The number of esters is 1. The van der Waals surface area contributed by atoms with E-state index in [4.69, 9.17) is 16.3 Å². The van der Waals surface area contributed by atoms with E-state index in [1.807, 2.05) is 33.1 Å². The van der Waals surface area contributed by atoms with Gasteiger partial charge in [-0.3, -0.25) is 4.79 Å². The SMILES string of the molecule is Cc1ccc(S(=O)(=O)N2CC3=CSC[C@@]3(C(=O)OC(C)(C)C)[C@H]2c2ccc(Cl)cc2)cc1. The van der Waals surface area contributed by atoms with E-state index in [0.717, 1.165) is 11.1 Å². The number of thioether (sulfide) groups is 1. The largest absolute Gasteiger partial charge is 0.459 e. The Morgan fingerprint density at radius 3 is 2.34 bits per heavy atom. The van der Waals surface area contributed by atoms with Crippen LogP contribution in [0.5, 0.6) is 0 Å². The van der Waals surface area contributed by atoms with Crippen molar-refractivity contribution in [1.29, 1.82) is 0 Å². The second-order valence-corrected chi connectivity index (χ2v) is 12.4. The molecule has 1 fully saturated rings. The zero-order chi connectivity index (χ0) is 23.3. The number of carbonyl (C=O) groups excluding carboxylic acids is 1. The minimum atomic E-state index is -3.88. The molecule has 2 aromatic rings. The minimum absolute atomic E-state index is 0.135. The molecule has 0 bridgehead atoms. The molecule has 0 radical (unpaired) electrons. The third-order valence-electron chi connectivity index (χ3n) is 5.77. The summed E-state index contributed by atoms with van der Waals surface area (Å²) in [5, 5.41) is 2.46. The van der Waals surface area contributed by atoms with Crippen molar-refractivity contribution in [2.24, 2.45) is 5.41 Å². The van der Waals surface area contributed by atoms with Gasteiger partial charge in [0.1, 0.15) is 11.0 Å². The number of nitrogens with zero attached hydrogens (tertiary/aromatic N) is 1. The molecule has 2 heterocycles. The number of fused-ring (bicyclic) bond motifs is 1. The van der Waals surface area contributed by atoms with Gasteiger partial charge in [0.2, 0.25) is 10.0 Å². The fourth-order valence-corrected chi connectivity index (χ4v) is 7.30. The number of hydrogen-bond donors (Lipinski definition) is 0. The lowest BCUT2D eigenvalue weighted by Crippen LogP contribution is -2.44. The minimum Gasteiger partial charge on any atom is -0.459 e. The number of carbonyl (C=O) groups is 1. The van der Waals surface area contributed by atoms with Crippen molar-refractivity contribution in [2.75, 3.05) is 12.3 Å². The van der Waals surface area contributed by atoms with Crippen LogP contribution in [0.2, 0.25) is 5.02 Å². The maximum absolute atomic E-state index is 13.8. The number of rotatable bonds is 4. The van der Waals surface area contributed by atoms with Crippen LogP contribution in [-0.4, -0.2) is 36.6 Å². The lowest BCUT2D eigenvalue weighted by molar-refractivity contribution is -0.165. The van der Waals surface area contributed by atoms with Crippen molar-refractivity contribution >= 4 is 39.4 Å². The summed E-state index contributed by atoms with van der Waals surface area (Å²) in [6.45, 7) is 7.50. The van der Waals surface area contributed by atoms with Crippen molar-refractivity contribution in [3.63, 3.8) is 0 Å². The van der Waals surface area contributed by atoms with E-state index >= 15 is 0 Å². The summed E-state index contributed by atoms with van der Waals surface area (Å²) >= 11 is 7.63. The Morgan fingerprint density at radius 1 is 1.12 bits per heavy atom. The molecule has 0 aromatic heterocycles. The van der Waals surface area contributed by atoms with E-state index in [1.165, 1.54) is 16.1 Å². The first-order chi connectivity index (χ1) is 14.9. The van der Waals surface area contributed by atoms with Crippen LogP contribution in [0.15, 0.2) is 64.4 Å². The second kappa shape index (κ2) is 8.20. The van der Waals surface area contributed by atoms with Gasteiger partial charge in [-0.15, -0.1) is 11.8 Å². The van der Waals surface area contributed by atoms with E-state index in [0.29, 0.717) is 16.3 Å². The van der Waals surface area contributed by atoms with E-state index < -0.39 is 33.1 Å². The van der Waals surface area contributed by atoms with Gasteiger partial charge >= 0.3 is 5.97 Å². The van der Waals surface area contributed by atoms with Crippen molar-refractivity contribution in [2.45, 2.75) is 44.2 Å². The van der Waals surface area contributed by atoms with Crippen LogP contribution in [0, 0.1) is 12.3 Å². The van der Waals surface area contributed by atoms with Crippen LogP contribution in [-0.2, 0) is 19.6 Å². The molecule has 0 amide bonds. The Morgan fingerprint density at radius 2 is 1.75 bits per heavy atom. The van der Waals surface area contributed by atoms with Gasteiger partial charge in [0.25, 0.3) is 0 Å². The summed E-state index contributed by atoms with van der Waals surface area (Å²) in [5.74, 6) is 0.0209. The molecule has 8 heteroatoms. The van der Waals surface area contributed by atoms with Gasteiger partial charge in [-0.05, 0) is 68.5 Å². The Kier molecular flexibility index (Phi) is 5.99. The highest BCUT2D eigenvalue weighted by Crippen LogP contribution is 2.58. The van der Waals surface area contributed by atoms with Crippen LogP contribution >= 0.6 is 23.4 Å². The predicted molar refractivity (Wildman–Crippen MR) is 128 cm³/mol. The van der Waals surface area contributed by atoms with Gasteiger partial charge in [0, 0.05) is 17.3 Å². The molecule has 170 valence electrons. The number of ether oxygens (including phenoxy) is 1. The van der Waals surface area contributed by atoms with Crippen molar-refractivity contribution in [3.8, 4) is 0 Å². The Balaban J connectivity index is 1.88. The summed E-state index contributed by atoms with van der Waals surface area (Å²) in [6.07, 6.45) is 0. The number of hydrogen-bond acceptors (Lipinski definition) is 5. The third-order valence-corrected chi connectivity index (χ3v) is 8.92. The molecule has 1 saturated heterocycles. The van der Waals surface area contributed by atoms with Gasteiger partial charge in [0.15, 0.2) is 0 Å². The predicted octanol–water partition coefficient (Wildman–Crippen LogP) is 5.35. The molecule has 2 atom stereocenters. The van der Waals surface area contributed by atoms with Crippen LogP contribution in [0.25, 0.3) is 0 Å². The Hall–Kier alpha value is -1.80. The van der Waals surface area contributed by atoms with Crippen LogP contribution in [0.4, 0.5) is 0 Å². The molecular formula is C24H26ClNO4S2. The lowest BCUT2D eigenvalue weighted by atomic mass is 9.76. The molecule has 4 rings (SSSR count). The number of benzene rings is 2. The average Bonchev–Trinajstić information content (AvgIpc) is 3.26. The van der Waals surface area contributed by atoms with Gasteiger partial charge in [-0.2, -0.15) is 4.31 Å². The molecule has 0 aliphatic carbocycles. The summed E-state index contributed by atoms with van der Waals surface area (Å²) < 4.78 is 34.9. The van der Waals surface area contributed by atoms with Crippen molar-refractivity contribution < 1.29 is 17.9 Å². The number of sulfonamides is 1. The summed E-state index contributed by atoms with van der Waals surface area (Å²) in [5.41, 5.74) is 0.664. The molecule has 5 nitrogen and oxygen atoms in total. The quantitative estimate of drug-likeness (QED) is 0.539. The summed E-state index contributed by atoms with van der Waals surface area (Å²) in [6, 6.07) is 13.1. The zero-order valence-corrected chi connectivity index (χ0v) is 20.9. The maximum atomic E-state index is 13.8. The van der Waals surface area contributed by atoms with Gasteiger partial charge in [-0.25, -0.2) is 8.42 Å². The van der Waals surface area contributed by atoms with Gasteiger partial charge in [-0.1, -0.05) is 41.4 Å². The van der Waals surface area contributed by atoms with Crippen molar-refractivity contribution in [3.05, 3.63) is 75.7 Å². The van der Waals surface area contributed by atoms with Gasteiger partial charge in [0.05, 0.1) is 10.9 Å². The highest BCUT2D eigenvalue weighted by molar-refractivity contribution is 8.02. The van der Waals surface area contributed by atoms with Crippen molar-refractivity contribution in [1.82, 2.24) is 4.31 Å². The fraction of sp³-hybridized carbons (Fsp3) is 0.375. The number of halogens is 1. The average molecular weight is 492 g/mol. The summed E-state index contributed by atoms with van der Waals surface area (Å²) in [7, 11) is -3.88. The molecule has 0 saturated carbocycles. The standard InChI is InChI=1S/C24H26ClNO4S2/c1-16-5-11-20(12-6-16)32(28,29)26-13-18-14-31-15-24(18,22(27)30-23(2,3)4)21(26)17-7-9-19(25)10-8-17/h5-12,14,21H,13,15H2,1-4H3/t21-,24+/m1/s1. The molecular weight excluding hydrogens is 466 g/mol. The molecule has 0 unspecified atom stereocenters. The molecule has 0 spiro atoms. The van der Waals surface area contributed by atoms with Crippen LogP contribution < -0.4 is 0 Å². The van der Waals surface area contributed by atoms with E-state index in [2.05, 4.69) is 0 Å². The van der Waals surface area contributed by atoms with Crippen LogP contribution in [0.3, 0.4) is 0 Å². The smallest absolute Gasteiger partial charge is 0.319 e. The Labute approximate surface area is 198 Å². The first-order valence-corrected chi connectivity index (χ1v) is 13.2. The maximum Gasteiger partial charge on any atom is 0.319 e. The molecule has 2 aromatic carbocycles. The second-order valence-electron chi connectivity index (χ2n) is 9.24. The summed E-state index contributed by atoms with van der Waals surface area (Å²) in [4.78, 5) is 13.8. The first kappa shape index (κ1) is 23.4. The molecule has 0 N–H and O–H groups in total. The van der Waals surface area contributed by atoms with E-state index in [-0.39, 0.29) is 11.4 Å². The monoisotopic (exact) mass is 491 g/mol.